The first-order chi connectivity index (χ1) is 13.0. The highest BCUT2D eigenvalue weighted by molar-refractivity contribution is 7.99. The molecule has 7 heteroatoms. The van der Waals surface area contributed by atoms with Gasteiger partial charge in [0.15, 0.2) is 0 Å². The molecular formula is C20H19F2N3OS. The van der Waals surface area contributed by atoms with E-state index in [9.17, 15) is 13.6 Å². The maximum atomic E-state index is 13.6. The number of carbonyl (C=O) groups excluding carboxylic acids is 1. The Hall–Kier alpha value is -2.67. The molecule has 27 heavy (non-hydrogen) atoms. The van der Waals surface area contributed by atoms with Crippen molar-refractivity contribution in [3.63, 3.8) is 0 Å². The van der Waals surface area contributed by atoms with Crippen molar-refractivity contribution in [1.29, 1.82) is 0 Å². The summed E-state index contributed by atoms with van der Waals surface area (Å²) in [5.41, 5.74) is 0.737. The highest BCUT2D eigenvalue weighted by Crippen LogP contribution is 2.23. The molecule has 4 nitrogen and oxygen atoms in total. The molecule has 0 saturated carbocycles. The van der Waals surface area contributed by atoms with Crippen LogP contribution in [0, 0.1) is 11.6 Å². The molecule has 0 aliphatic carbocycles. The number of hydrogen-bond donors (Lipinski definition) is 1. The van der Waals surface area contributed by atoms with E-state index in [1.54, 1.807) is 42.7 Å². The Kier molecular flexibility index (Phi) is 6.24. The quantitative estimate of drug-likeness (QED) is 0.621. The van der Waals surface area contributed by atoms with Crippen molar-refractivity contribution in [3.8, 4) is 0 Å². The number of nitrogens with one attached hydrogen (secondary N) is 1. The van der Waals surface area contributed by atoms with Gasteiger partial charge in [-0.3, -0.25) is 4.79 Å². The van der Waals surface area contributed by atoms with Gasteiger partial charge in [0, 0.05) is 36.5 Å². The Morgan fingerprint density at radius 2 is 1.93 bits per heavy atom. The van der Waals surface area contributed by atoms with E-state index in [0.717, 1.165) is 5.56 Å². The minimum atomic E-state index is -0.489. The third-order valence-corrected chi connectivity index (χ3v) is 5.10. The summed E-state index contributed by atoms with van der Waals surface area (Å²) in [5.74, 6) is 0.279. The third kappa shape index (κ3) is 4.95. The highest BCUT2D eigenvalue weighted by Gasteiger charge is 2.20. The fraction of sp³-hybridized carbons (Fsp3) is 0.200. The van der Waals surface area contributed by atoms with Crippen LogP contribution < -0.4 is 5.32 Å². The van der Waals surface area contributed by atoms with Crippen LogP contribution in [0.4, 0.5) is 8.78 Å². The fourth-order valence-electron chi connectivity index (χ4n) is 2.66. The molecule has 0 bridgehead atoms. The Labute approximate surface area is 160 Å². The van der Waals surface area contributed by atoms with Crippen LogP contribution in [0.25, 0.3) is 0 Å². The largest absolute Gasteiger partial charge is 0.342 e. The Bertz CT molecular complexity index is 912. The normalized spacial score (nSPS) is 12.0. The maximum absolute atomic E-state index is 13.6. The lowest BCUT2D eigenvalue weighted by Gasteiger charge is -2.19. The molecule has 1 amide bonds. The second-order valence-corrected chi connectivity index (χ2v) is 7.11. The van der Waals surface area contributed by atoms with E-state index >= 15 is 0 Å². The first-order valence-electron chi connectivity index (χ1n) is 8.44. The monoisotopic (exact) mass is 387 g/mol. The number of hydrogen-bond acceptors (Lipinski definition) is 3. The molecular weight excluding hydrogens is 368 g/mol. The van der Waals surface area contributed by atoms with Crippen molar-refractivity contribution < 1.29 is 13.6 Å². The second-order valence-electron chi connectivity index (χ2n) is 5.98. The van der Waals surface area contributed by atoms with Crippen LogP contribution in [0.3, 0.4) is 0 Å². The van der Waals surface area contributed by atoms with Crippen molar-refractivity contribution in [1.82, 2.24) is 14.9 Å². The van der Waals surface area contributed by atoms with E-state index < -0.39 is 6.04 Å². The van der Waals surface area contributed by atoms with E-state index in [0.29, 0.717) is 16.5 Å². The molecule has 3 aromatic rings. The molecule has 1 atom stereocenters. The molecule has 0 aliphatic heterocycles. The molecule has 3 rings (SSSR count). The van der Waals surface area contributed by atoms with Gasteiger partial charge in [0.1, 0.15) is 23.5 Å². The van der Waals surface area contributed by atoms with E-state index in [4.69, 9.17) is 0 Å². The summed E-state index contributed by atoms with van der Waals surface area (Å²) >= 11 is 1.29. The fourth-order valence-corrected chi connectivity index (χ4v) is 3.54. The first-order valence-corrected chi connectivity index (χ1v) is 9.42. The van der Waals surface area contributed by atoms with E-state index in [1.807, 2.05) is 11.6 Å². The van der Waals surface area contributed by atoms with Gasteiger partial charge in [-0.1, -0.05) is 24.3 Å². The minimum absolute atomic E-state index is 0.184. The zero-order valence-corrected chi connectivity index (χ0v) is 15.5. The van der Waals surface area contributed by atoms with Gasteiger partial charge in [-0.25, -0.2) is 13.8 Å². The summed E-state index contributed by atoms with van der Waals surface area (Å²) in [4.78, 5) is 17.3. The number of nitrogens with zero attached hydrogens (tertiary/aromatic N) is 2. The minimum Gasteiger partial charge on any atom is -0.342 e. The average molecular weight is 387 g/mol. The molecule has 140 valence electrons. The van der Waals surface area contributed by atoms with Crippen molar-refractivity contribution in [2.24, 2.45) is 7.05 Å². The molecule has 0 radical (unpaired) electrons. The van der Waals surface area contributed by atoms with Crippen LogP contribution in [0.2, 0.25) is 0 Å². The Balaban J connectivity index is 1.67. The molecule has 0 fully saturated rings. The van der Waals surface area contributed by atoms with Crippen LogP contribution >= 0.6 is 11.8 Å². The SMILES string of the molecule is Cn1ccnc1C(NC(=O)CCSc1ccccc1F)c1ccc(F)cc1. The van der Waals surface area contributed by atoms with Crippen LogP contribution in [0.1, 0.15) is 23.9 Å². The number of amides is 1. The van der Waals surface area contributed by atoms with E-state index in [2.05, 4.69) is 10.3 Å². The van der Waals surface area contributed by atoms with Gasteiger partial charge in [0.2, 0.25) is 5.91 Å². The van der Waals surface area contributed by atoms with Crippen molar-refractivity contribution >= 4 is 17.7 Å². The van der Waals surface area contributed by atoms with Crippen molar-refractivity contribution in [3.05, 3.63) is 83.9 Å². The number of imidazole rings is 1. The summed E-state index contributed by atoms with van der Waals surface area (Å²) in [5, 5.41) is 2.95. The zero-order chi connectivity index (χ0) is 19.2. The summed E-state index contributed by atoms with van der Waals surface area (Å²) in [6, 6.07) is 11.9. The van der Waals surface area contributed by atoms with Gasteiger partial charge in [0.05, 0.1) is 0 Å². The molecule has 1 N–H and O–H groups in total. The number of aryl methyl sites for hydroxylation is 1. The number of rotatable bonds is 7. The van der Waals surface area contributed by atoms with Crippen LogP contribution in [-0.2, 0) is 11.8 Å². The van der Waals surface area contributed by atoms with E-state index in [1.165, 1.54) is 30.0 Å². The van der Waals surface area contributed by atoms with Gasteiger partial charge in [-0.2, -0.15) is 0 Å². The van der Waals surface area contributed by atoms with Gasteiger partial charge >= 0.3 is 0 Å². The molecule has 1 unspecified atom stereocenters. The standard InChI is InChI=1S/C20H19F2N3OS/c1-25-12-11-23-20(25)19(14-6-8-15(21)9-7-14)24-18(26)10-13-27-17-5-3-2-4-16(17)22/h2-9,11-12,19H,10,13H2,1H3,(H,24,26). The van der Waals surface area contributed by atoms with Gasteiger partial charge in [0.25, 0.3) is 0 Å². The van der Waals surface area contributed by atoms with Crippen molar-refractivity contribution in [2.75, 3.05) is 5.75 Å². The molecule has 1 heterocycles. The topological polar surface area (TPSA) is 46.9 Å². The second kappa shape index (κ2) is 8.81. The number of halogens is 2. The predicted molar refractivity (Wildman–Crippen MR) is 101 cm³/mol. The summed E-state index contributed by atoms with van der Waals surface area (Å²) < 4.78 is 28.7. The lowest BCUT2D eigenvalue weighted by Crippen LogP contribution is -2.31. The first kappa shape index (κ1) is 19.1. The van der Waals surface area contributed by atoms with Crippen LogP contribution in [0.15, 0.2) is 65.8 Å². The lowest BCUT2D eigenvalue weighted by atomic mass is 10.1. The van der Waals surface area contributed by atoms with Gasteiger partial charge in [-0.15, -0.1) is 11.8 Å². The maximum Gasteiger partial charge on any atom is 0.221 e. The molecule has 1 aromatic heterocycles. The van der Waals surface area contributed by atoms with Crippen LogP contribution in [-0.4, -0.2) is 21.2 Å². The number of thioether (sulfide) groups is 1. The van der Waals surface area contributed by atoms with Crippen molar-refractivity contribution in [2.45, 2.75) is 17.4 Å². The smallest absolute Gasteiger partial charge is 0.221 e. The lowest BCUT2D eigenvalue weighted by molar-refractivity contribution is -0.121. The third-order valence-electron chi connectivity index (χ3n) is 4.05. The summed E-state index contributed by atoms with van der Waals surface area (Å²) in [6.07, 6.45) is 3.65. The average Bonchev–Trinajstić information content (AvgIpc) is 3.08. The number of carbonyl (C=O) groups is 1. The number of benzene rings is 2. The molecule has 0 aliphatic rings. The molecule has 0 saturated heterocycles. The predicted octanol–water partition coefficient (Wildman–Crippen LogP) is 4.09. The zero-order valence-electron chi connectivity index (χ0n) is 14.7. The molecule has 0 spiro atoms. The highest BCUT2D eigenvalue weighted by atomic mass is 32.2. The van der Waals surface area contributed by atoms with Gasteiger partial charge in [-0.05, 0) is 29.8 Å². The van der Waals surface area contributed by atoms with E-state index in [-0.39, 0.29) is 24.0 Å². The van der Waals surface area contributed by atoms with Gasteiger partial charge < -0.3 is 9.88 Å². The van der Waals surface area contributed by atoms with Crippen LogP contribution in [0.5, 0.6) is 0 Å². The number of aromatic nitrogens is 2. The Morgan fingerprint density at radius 1 is 1.19 bits per heavy atom. The summed E-state index contributed by atoms with van der Waals surface area (Å²) in [6.45, 7) is 0. The molecule has 2 aromatic carbocycles. The summed E-state index contributed by atoms with van der Waals surface area (Å²) in [7, 11) is 1.83. The Morgan fingerprint density at radius 3 is 2.59 bits per heavy atom.